The highest BCUT2D eigenvalue weighted by Crippen LogP contribution is 2.46. The Morgan fingerprint density at radius 2 is 1.52 bits per heavy atom. The maximum absolute atomic E-state index is 13.4. The van der Waals surface area contributed by atoms with Crippen LogP contribution in [-0.2, 0) is 12.8 Å². The summed E-state index contributed by atoms with van der Waals surface area (Å²) in [7, 11) is 5.65. The Hall–Kier alpha value is -3.42. The number of aromatic hydroxyl groups is 1. The van der Waals surface area contributed by atoms with Crippen LogP contribution in [0.2, 0.25) is 0 Å². The molecule has 0 aliphatic heterocycles. The lowest BCUT2D eigenvalue weighted by Crippen LogP contribution is -2.17. The number of benzene rings is 2. The van der Waals surface area contributed by atoms with Crippen molar-refractivity contribution in [1.29, 1.82) is 0 Å². The average molecular weight is 461 g/mol. The maximum Gasteiger partial charge on any atom is 0.336 e. The van der Waals surface area contributed by atoms with E-state index < -0.39 is 11.8 Å². The number of carboxylic acids is 1. The Labute approximate surface area is 194 Å². The van der Waals surface area contributed by atoms with E-state index in [0.717, 1.165) is 0 Å². The number of ether oxygens (including phenoxy) is 4. The van der Waals surface area contributed by atoms with Gasteiger partial charge in [-0.15, -0.1) is 0 Å². The van der Waals surface area contributed by atoms with Crippen molar-refractivity contribution in [2.24, 2.45) is 5.92 Å². The molecule has 0 bridgehead atoms. The summed E-state index contributed by atoms with van der Waals surface area (Å²) in [5.41, 5.74) is 0.937. The number of rotatable bonds is 12. The molecule has 0 spiro atoms. The fraction of sp³-hybridized carbons (Fsp3) is 0.440. The Kier molecular flexibility index (Phi) is 8.96. The topological polar surface area (TPSA) is 112 Å². The molecule has 0 saturated carbocycles. The normalized spacial score (nSPS) is 10.8. The number of phenols is 1. The van der Waals surface area contributed by atoms with E-state index in [0.29, 0.717) is 35.6 Å². The fourth-order valence-corrected chi connectivity index (χ4v) is 3.78. The summed E-state index contributed by atoms with van der Waals surface area (Å²) in [5, 5.41) is 20.1. The van der Waals surface area contributed by atoms with Gasteiger partial charge in [-0.1, -0.05) is 19.9 Å². The van der Waals surface area contributed by atoms with Crippen LogP contribution in [0, 0.1) is 5.92 Å². The van der Waals surface area contributed by atoms with Crippen LogP contribution in [0.3, 0.4) is 0 Å². The standard InChI is InChI=1S/C25H32O8/c1-14(2)7-10-16-20(25(28)29)21(23(32-5)24(33-6)22(16)31-4)17(26)11-8-15-9-12-19(30-3)18(27)13-15/h9,12-14,27H,7-8,10-11H2,1-6H3,(H,28,29). The Balaban J connectivity index is 2.58. The number of methoxy groups -OCH3 is 4. The molecular weight excluding hydrogens is 428 g/mol. The maximum atomic E-state index is 13.4. The zero-order chi connectivity index (χ0) is 24.7. The Morgan fingerprint density at radius 3 is 2.00 bits per heavy atom. The van der Waals surface area contributed by atoms with Gasteiger partial charge in [0.25, 0.3) is 0 Å². The molecule has 0 amide bonds. The van der Waals surface area contributed by atoms with Gasteiger partial charge in [0, 0.05) is 12.0 Å². The average Bonchev–Trinajstić information content (AvgIpc) is 2.79. The molecule has 0 aliphatic carbocycles. The summed E-state index contributed by atoms with van der Waals surface area (Å²) in [6, 6.07) is 4.87. The van der Waals surface area contributed by atoms with Crippen molar-refractivity contribution in [3.05, 3.63) is 40.5 Å². The number of hydrogen-bond acceptors (Lipinski definition) is 7. The molecule has 0 unspecified atom stereocenters. The molecule has 0 heterocycles. The third-order valence-corrected chi connectivity index (χ3v) is 5.43. The van der Waals surface area contributed by atoms with Gasteiger partial charge in [0.15, 0.2) is 28.8 Å². The number of aromatic carboxylic acids is 1. The lowest BCUT2D eigenvalue weighted by Gasteiger charge is -2.22. The third kappa shape index (κ3) is 5.69. The van der Waals surface area contributed by atoms with Crippen LogP contribution in [0.1, 0.15) is 58.5 Å². The molecule has 0 aromatic heterocycles. The van der Waals surface area contributed by atoms with Gasteiger partial charge in [-0.25, -0.2) is 4.79 Å². The second-order valence-corrected chi connectivity index (χ2v) is 8.00. The third-order valence-electron chi connectivity index (χ3n) is 5.43. The Bertz CT molecular complexity index is 1010. The predicted octanol–water partition coefficient (Wildman–Crippen LogP) is 4.53. The highest BCUT2D eigenvalue weighted by atomic mass is 16.5. The SMILES string of the molecule is COc1ccc(CCC(=O)c2c(OC)c(OC)c(OC)c(CCC(C)C)c2C(=O)O)cc1O. The highest BCUT2D eigenvalue weighted by Gasteiger charge is 2.32. The van der Waals surface area contributed by atoms with E-state index in [1.54, 1.807) is 12.1 Å². The summed E-state index contributed by atoms with van der Waals surface area (Å²) in [6.07, 6.45) is 1.39. The summed E-state index contributed by atoms with van der Waals surface area (Å²) in [4.78, 5) is 25.7. The van der Waals surface area contributed by atoms with Gasteiger partial charge in [-0.05, 0) is 42.9 Å². The molecule has 0 radical (unpaired) electrons. The van der Waals surface area contributed by atoms with Crippen molar-refractivity contribution < 1.29 is 38.7 Å². The number of Topliss-reactive ketones (excluding diaryl/α,β-unsaturated/α-hetero) is 1. The van der Waals surface area contributed by atoms with Crippen LogP contribution in [0.25, 0.3) is 0 Å². The van der Waals surface area contributed by atoms with E-state index in [1.807, 2.05) is 13.8 Å². The quantitative estimate of drug-likeness (QED) is 0.445. The summed E-state index contributed by atoms with van der Waals surface area (Å²) >= 11 is 0. The molecule has 8 heteroatoms. The van der Waals surface area contributed by atoms with Crippen molar-refractivity contribution in [2.75, 3.05) is 28.4 Å². The second-order valence-electron chi connectivity index (χ2n) is 8.00. The van der Waals surface area contributed by atoms with Gasteiger partial charge in [-0.3, -0.25) is 4.79 Å². The number of aryl methyl sites for hydroxylation is 1. The lowest BCUT2D eigenvalue weighted by atomic mass is 9.89. The number of carboxylic acid groups (broad SMARTS) is 1. The van der Waals surface area contributed by atoms with E-state index >= 15 is 0 Å². The molecule has 2 aromatic carbocycles. The molecule has 180 valence electrons. The van der Waals surface area contributed by atoms with Gasteiger partial charge in [0.2, 0.25) is 5.75 Å². The van der Waals surface area contributed by atoms with Crippen LogP contribution in [0.5, 0.6) is 28.7 Å². The van der Waals surface area contributed by atoms with Crippen LogP contribution in [-0.4, -0.2) is 50.4 Å². The number of ketones is 1. The molecule has 8 nitrogen and oxygen atoms in total. The minimum absolute atomic E-state index is 0.00150. The lowest BCUT2D eigenvalue weighted by molar-refractivity contribution is 0.0688. The number of carbonyl (C=O) groups excluding carboxylic acids is 1. The van der Waals surface area contributed by atoms with E-state index in [4.69, 9.17) is 18.9 Å². The first-order chi connectivity index (χ1) is 15.7. The number of carbonyl (C=O) groups is 2. The Morgan fingerprint density at radius 1 is 0.879 bits per heavy atom. The first-order valence-corrected chi connectivity index (χ1v) is 10.7. The van der Waals surface area contributed by atoms with E-state index in [9.17, 15) is 19.8 Å². The molecule has 0 fully saturated rings. The summed E-state index contributed by atoms with van der Waals surface area (Å²) in [5.74, 6) is -0.570. The molecule has 2 N–H and O–H groups in total. The van der Waals surface area contributed by atoms with E-state index in [2.05, 4.69) is 0 Å². The van der Waals surface area contributed by atoms with Crippen LogP contribution < -0.4 is 18.9 Å². The van der Waals surface area contributed by atoms with Gasteiger partial charge < -0.3 is 29.2 Å². The van der Waals surface area contributed by atoms with Crippen molar-refractivity contribution in [3.63, 3.8) is 0 Å². The first-order valence-electron chi connectivity index (χ1n) is 10.7. The van der Waals surface area contributed by atoms with Gasteiger partial charge in [-0.2, -0.15) is 0 Å². The van der Waals surface area contributed by atoms with Crippen LogP contribution in [0.15, 0.2) is 18.2 Å². The summed E-state index contributed by atoms with van der Waals surface area (Å²) < 4.78 is 21.5. The highest BCUT2D eigenvalue weighted by molar-refractivity contribution is 6.10. The minimum atomic E-state index is -1.24. The molecule has 33 heavy (non-hydrogen) atoms. The summed E-state index contributed by atoms with van der Waals surface area (Å²) in [6.45, 7) is 4.06. The van der Waals surface area contributed by atoms with E-state index in [-0.39, 0.29) is 47.0 Å². The number of hydrogen-bond donors (Lipinski definition) is 2. The second kappa shape index (κ2) is 11.4. The van der Waals surface area contributed by atoms with Gasteiger partial charge >= 0.3 is 5.97 Å². The smallest absolute Gasteiger partial charge is 0.336 e. The van der Waals surface area contributed by atoms with E-state index in [1.165, 1.54) is 34.5 Å². The van der Waals surface area contributed by atoms with Crippen LogP contribution in [0.4, 0.5) is 0 Å². The zero-order valence-corrected chi connectivity index (χ0v) is 20.0. The van der Waals surface area contributed by atoms with Crippen molar-refractivity contribution in [2.45, 2.75) is 39.5 Å². The van der Waals surface area contributed by atoms with Crippen molar-refractivity contribution in [3.8, 4) is 28.7 Å². The largest absolute Gasteiger partial charge is 0.504 e. The van der Waals surface area contributed by atoms with Gasteiger partial charge in [0.05, 0.1) is 39.6 Å². The molecule has 0 saturated heterocycles. The predicted molar refractivity (Wildman–Crippen MR) is 124 cm³/mol. The van der Waals surface area contributed by atoms with Crippen molar-refractivity contribution >= 4 is 11.8 Å². The molecular formula is C25H32O8. The number of phenolic OH excluding ortho intramolecular Hbond substituents is 1. The fourth-order valence-electron chi connectivity index (χ4n) is 3.78. The minimum Gasteiger partial charge on any atom is -0.504 e. The molecule has 2 aromatic rings. The van der Waals surface area contributed by atoms with Crippen LogP contribution >= 0.6 is 0 Å². The zero-order valence-electron chi connectivity index (χ0n) is 20.0. The first kappa shape index (κ1) is 25.8. The molecule has 2 rings (SSSR count). The monoisotopic (exact) mass is 460 g/mol. The van der Waals surface area contributed by atoms with Gasteiger partial charge in [0.1, 0.15) is 0 Å². The van der Waals surface area contributed by atoms with Crippen molar-refractivity contribution in [1.82, 2.24) is 0 Å². The molecule has 0 atom stereocenters. The molecule has 0 aliphatic rings.